The highest BCUT2D eigenvalue weighted by Gasteiger charge is 2.22. The number of halogens is 2. The van der Waals surface area contributed by atoms with Gasteiger partial charge in [-0.05, 0) is 17.2 Å². The van der Waals surface area contributed by atoms with Gasteiger partial charge in [0.25, 0.3) is 0 Å². The van der Waals surface area contributed by atoms with Crippen LogP contribution in [0.25, 0.3) is 10.9 Å². The lowest BCUT2D eigenvalue weighted by Gasteiger charge is -2.10. The van der Waals surface area contributed by atoms with Crippen molar-refractivity contribution >= 4 is 28.5 Å². The van der Waals surface area contributed by atoms with E-state index in [1.807, 2.05) is 30.3 Å². The van der Waals surface area contributed by atoms with Gasteiger partial charge in [-0.3, -0.25) is 0 Å². The molecule has 2 aromatic carbocycles. The number of alkyl halides is 1. The fourth-order valence-electron chi connectivity index (χ4n) is 2.72. The predicted octanol–water partition coefficient (Wildman–Crippen LogP) is 4.60. The Morgan fingerprint density at radius 1 is 1.17 bits per heavy atom. The van der Waals surface area contributed by atoms with Crippen molar-refractivity contribution in [1.82, 2.24) is 4.57 Å². The topological polar surface area (TPSA) is 31.2 Å². The van der Waals surface area contributed by atoms with Crippen molar-refractivity contribution in [2.75, 3.05) is 7.11 Å². The van der Waals surface area contributed by atoms with Crippen LogP contribution in [0.5, 0.6) is 0 Å². The molecule has 0 aliphatic rings. The van der Waals surface area contributed by atoms with Gasteiger partial charge in [0.05, 0.1) is 17.6 Å². The number of nitrogens with zero attached hydrogens (tertiary/aromatic N) is 1. The zero-order chi connectivity index (χ0) is 16.4. The quantitative estimate of drug-likeness (QED) is 0.654. The van der Waals surface area contributed by atoms with Gasteiger partial charge in [-0.25, -0.2) is 9.18 Å². The molecule has 0 unspecified atom stereocenters. The summed E-state index contributed by atoms with van der Waals surface area (Å²) in [4.78, 5) is 12.2. The van der Waals surface area contributed by atoms with Crippen LogP contribution in [0.1, 0.15) is 21.6 Å². The minimum atomic E-state index is -0.523. The van der Waals surface area contributed by atoms with Crippen LogP contribution in [0.15, 0.2) is 48.5 Å². The lowest BCUT2D eigenvalue weighted by atomic mass is 10.1. The Morgan fingerprint density at radius 2 is 1.91 bits per heavy atom. The summed E-state index contributed by atoms with van der Waals surface area (Å²) in [7, 11) is 1.32. The molecule has 0 fully saturated rings. The molecule has 118 valence electrons. The van der Waals surface area contributed by atoms with E-state index in [1.165, 1.54) is 7.11 Å². The second kappa shape index (κ2) is 6.42. The van der Waals surface area contributed by atoms with E-state index in [2.05, 4.69) is 0 Å². The van der Waals surface area contributed by atoms with Gasteiger partial charge in [-0.1, -0.05) is 54.1 Å². The third kappa shape index (κ3) is 2.82. The van der Waals surface area contributed by atoms with Crippen LogP contribution in [0.3, 0.4) is 0 Å². The maximum atomic E-state index is 12.9. The van der Waals surface area contributed by atoms with Gasteiger partial charge in [0.2, 0.25) is 0 Å². The highest BCUT2D eigenvalue weighted by Crippen LogP contribution is 2.32. The molecule has 3 aromatic rings. The molecule has 3 nitrogen and oxygen atoms in total. The van der Waals surface area contributed by atoms with E-state index in [1.54, 1.807) is 22.8 Å². The van der Waals surface area contributed by atoms with Crippen LogP contribution in [0.4, 0.5) is 4.39 Å². The summed E-state index contributed by atoms with van der Waals surface area (Å²) in [5.41, 5.74) is 2.64. The molecule has 0 atom stereocenters. The van der Waals surface area contributed by atoms with Gasteiger partial charge in [-0.2, -0.15) is 0 Å². The maximum Gasteiger partial charge on any atom is 0.356 e. The Balaban J connectivity index is 2.16. The second-order valence-corrected chi connectivity index (χ2v) is 5.59. The van der Waals surface area contributed by atoms with Gasteiger partial charge >= 0.3 is 5.97 Å². The molecule has 5 heteroatoms. The first kappa shape index (κ1) is 15.6. The van der Waals surface area contributed by atoms with E-state index in [0.29, 0.717) is 22.8 Å². The maximum absolute atomic E-state index is 12.9. The minimum Gasteiger partial charge on any atom is -0.464 e. The number of fused-ring (bicyclic) bond motifs is 1. The summed E-state index contributed by atoms with van der Waals surface area (Å²) in [5, 5.41) is 1.16. The molecule has 0 saturated heterocycles. The number of methoxy groups -OCH3 is 1. The first-order valence-corrected chi connectivity index (χ1v) is 7.52. The molecule has 0 amide bonds. The Bertz CT molecular complexity index is 873. The summed E-state index contributed by atoms with van der Waals surface area (Å²) < 4.78 is 19.5. The van der Waals surface area contributed by atoms with E-state index in [0.717, 1.165) is 16.5 Å². The van der Waals surface area contributed by atoms with Gasteiger partial charge < -0.3 is 9.30 Å². The van der Waals surface area contributed by atoms with Crippen molar-refractivity contribution in [1.29, 1.82) is 0 Å². The average Bonchev–Trinajstić information content (AvgIpc) is 2.87. The van der Waals surface area contributed by atoms with Crippen molar-refractivity contribution < 1.29 is 13.9 Å². The average molecular weight is 332 g/mol. The molecular weight excluding hydrogens is 317 g/mol. The second-order valence-electron chi connectivity index (χ2n) is 5.21. The number of carbonyl (C=O) groups excluding carboxylic acids is 1. The summed E-state index contributed by atoms with van der Waals surface area (Å²) in [6.45, 7) is -0.115. The van der Waals surface area contributed by atoms with Crippen LogP contribution in [-0.4, -0.2) is 17.6 Å². The molecule has 0 aliphatic carbocycles. The number of ether oxygens (including phenoxy) is 1. The fourth-order valence-corrected chi connectivity index (χ4v) is 3.05. The van der Waals surface area contributed by atoms with E-state index >= 15 is 0 Å². The van der Waals surface area contributed by atoms with E-state index in [-0.39, 0.29) is 0 Å². The normalized spacial score (nSPS) is 10.9. The molecule has 3 rings (SSSR count). The van der Waals surface area contributed by atoms with Gasteiger partial charge in [0.15, 0.2) is 0 Å². The van der Waals surface area contributed by atoms with Gasteiger partial charge in [0, 0.05) is 11.9 Å². The summed E-state index contributed by atoms with van der Waals surface area (Å²) >= 11 is 6.38. The summed E-state index contributed by atoms with van der Waals surface area (Å²) in [6.07, 6.45) is 0. The van der Waals surface area contributed by atoms with Crippen LogP contribution in [0, 0.1) is 0 Å². The molecule has 0 aliphatic heterocycles. The molecule has 0 bridgehead atoms. The number of aromatic nitrogens is 1. The lowest BCUT2D eigenvalue weighted by molar-refractivity contribution is 0.0590. The van der Waals surface area contributed by atoms with Crippen molar-refractivity contribution in [3.8, 4) is 0 Å². The highest BCUT2D eigenvalue weighted by molar-refractivity contribution is 6.38. The number of hydrogen-bond acceptors (Lipinski definition) is 2. The largest absolute Gasteiger partial charge is 0.464 e. The Labute approximate surface area is 138 Å². The van der Waals surface area contributed by atoms with Crippen molar-refractivity contribution in [2.45, 2.75) is 13.2 Å². The smallest absolute Gasteiger partial charge is 0.356 e. The SMILES string of the molecule is COC(=O)c1c(Cl)c2ccccc2n1Cc1cccc(CF)c1. The highest BCUT2D eigenvalue weighted by atomic mass is 35.5. The van der Waals surface area contributed by atoms with E-state index < -0.39 is 12.6 Å². The first-order valence-electron chi connectivity index (χ1n) is 7.14. The molecule has 1 aromatic heterocycles. The molecule has 23 heavy (non-hydrogen) atoms. The number of benzene rings is 2. The van der Waals surface area contributed by atoms with Crippen LogP contribution < -0.4 is 0 Å². The Kier molecular flexibility index (Phi) is 4.35. The standard InChI is InChI=1S/C18H15ClFNO2/c1-23-18(22)17-16(19)14-7-2-3-8-15(14)21(17)11-13-6-4-5-12(9-13)10-20/h2-9H,10-11H2,1H3. The molecule has 0 saturated carbocycles. The first-order chi connectivity index (χ1) is 11.2. The fraction of sp³-hybridized carbons (Fsp3) is 0.167. The Morgan fingerprint density at radius 3 is 2.65 bits per heavy atom. The van der Waals surface area contributed by atoms with E-state index in [4.69, 9.17) is 16.3 Å². The van der Waals surface area contributed by atoms with Crippen molar-refractivity contribution in [3.05, 3.63) is 70.4 Å². The number of rotatable bonds is 4. The minimum absolute atomic E-state index is 0.306. The number of esters is 1. The van der Waals surface area contributed by atoms with Crippen LogP contribution in [0.2, 0.25) is 5.02 Å². The van der Waals surface area contributed by atoms with Crippen LogP contribution >= 0.6 is 11.6 Å². The Hall–Kier alpha value is -2.33. The van der Waals surface area contributed by atoms with E-state index in [9.17, 15) is 9.18 Å². The molecule has 0 spiro atoms. The lowest BCUT2D eigenvalue weighted by Crippen LogP contribution is -2.12. The van der Waals surface area contributed by atoms with Gasteiger partial charge in [-0.15, -0.1) is 0 Å². The third-order valence-electron chi connectivity index (χ3n) is 3.77. The molecule has 0 radical (unpaired) electrons. The number of carbonyl (C=O) groups is 1. The van der Waals surface area contributed by atoms with Crippen LogP contribution in [-0.2, 0) is 18.0 Å². The predicted molar refractivity (Wildman–Crippen MR) is 88.6 cm³/mol. The molecule has 0 N–H and O–H groups in total. The summed E-state index contributed by atoms with van der Waals surface area (Å²) in [6, 6.07) is 14.7. The summed E-state index contributed by atoms with van der Waals surface area (Å²) in [5.74, 6) is -0.493. The molecule has 1 heterocycles. The van der Waals surface area contributed by atoms with Crippen molar-refractivity contribution in [2.24, 2.45) is 0 Å². The van der Waals surface area contributed by atoms with Gasteiger partial charge in [0.1, 0.15) is 12.4 Å². The van der Waals surface area contributed by atoms with Crippen molar-refractivity contribution in [3.63, 3.8) is 0 Å². The zero-order valence-corrected chi connectivity index (χ0v) is 13.3. The number of para-hydroxylation sites is 1. The third-order valence-corrected chi connectivity index (χ3v) is 4.16. The zero-order valence-electron chi connectivity index (χ0n) is 12.6. The molecular formula is C18H15ClFNO2. The monoisotopic (exact) mass is 331 g/mol. The number of hydrogen-bond donors (Lipinski definition) is 0.